The highest BCUT2D eigenvalue weighted by Gasteiger charge is 2.24. The van der Waals surface area contributed by atoms with Crippen LogP contribution in [0, 0.1) is 5.92 Å². The zero-order valence-corrected chi connectivity index (χ0v) is 9.88. The number of sulfone groups is 1. The lowest BCUT2D eigenvalue weighted by molar-refractivity contribution is 0.279. The van der Waals surface area contributed by atoms with E-state index in [0.29, 0.717) is 12.3 Å². The van der Waals surface area contributed by atoms with Crippen molar-refractivity contribution in [3.05, 3.63) is 0 Å². The number of aliphatic hydroxyl groups excluding tert-OH is 1. The molecule has 0 aromatic heterocycles. The molecule has 0 bridgehead atoms. The van der Waals surface area contributed by atoms with Crippen LogP contribution in [0.1, 0.15) is 32.1 Å². The summed E-state index contributed by atoms with van der Waals surface area (Å²) >= 11 is 0. The third kappa shape index (κ3) is 4.95. The largest absolute Gasteiger partial charge is 0.396 e. The quantitative estimate of drug-likeness (QED) is 0.694. The van der Waals surface area contributed by atoms with Crippen molar-refractivity contribution in [2.24, 2.45) is 11.7 Å². The molecule has 90 valence electrons. The minimum absolute atomic E-state index is 0.0179. The Morgan fingerprint density at radius 1 is 1.33 bits per heavy atom. The summed E-state index contributed by atoms with van der Waals surface area (Å²) in [6.45, 7) is -0.0416. The number of hydrogen-bond acceptors (Lipinski definition) is 4. The summed E-state index contributed by atoms with van der Waals surface area (Å²) in [7, 11) is -3.02. The van der Waals surface area contributed by atoms with Crippen molar-refractivity contribution in [3.63, 3.8) is 0 Å². The van der Waals surface area contributed by atoms with Crippen LogP contribution in [0.25, 0.3) is 0 Å². The van der Waals surface area contributed by atoms with Gasteiger partial charge in [0.05, 0.1) is 11.5 Å². The molecule has 0 aliphatic heterocycles. The summed E-state index contributed by atoms with van der Waals surface area (Å²) in [4.78, 5) is 0. The van der Waals surface area contributed by atoms with Gasteiger partial charge in [0.1, 0.15) is 0 Å². The fraction of sp³-hybridized carbons (Fsp3) is 1.00. The van der Waals surface area contributed by atoms with Gasteiger partial charge < -0.3 is 10.8 Å². The molecule has 3 N–H and O–H groups in total. The topological polar surface area (TPSA) is 80.4 Å². The molecular formula is C10H21NO3S. The minimum atomic E-state index is -3.02. The van der Waals surface area contributed by atoms with Crippen LogP contribution in [0.5, 0.6) is 0 Å². The van der Waals surface area contributed by atoms with Crippen molar-refractivity contribution in [2.75, 3.05) is 18.1 Å². The van der Waals surface area contributed by atoms with E-state index in [9.17, 15) is 8.42 Å². The number of nitrogens with two attached hydrogens (primary N) is 1. The van der Waals surface area contributed by atoms with Crippen LogP contribution in [-0.4, -0.2) is 37.7 Å². The van der Waals surface area contributed by atoms with Crippen LogP contribution < -0.4 is 5.73 Å². The maximum Gasteiger partial charge on any atom is 0.152 e. The van der Waals surface area contributed by atoms with Crippen LogP contribution in [0.4, 0.5) is 0 Å². The van der Waals surface area contributed by atoms with Gasteiger partial charge in [0.2, 0.25) is 0 Å². The van der Waals surface area contributed by atoms with Gasteiger partial charge in [-0.2, -0.15) is 0 Å². The van der Waals surface area contributed by atoms with E-state index in [4.69, 9.17) is 10.8 Å². The molecule has 1 atom stereocenters. The van der Waals surface area contributed by atoms with Crippen LogP contribution in [0.3, 0.4) is 0 Å². The van der Waals surface area contributed by atoms with Gasteiger partial charge in [0, 0.05) is 12.6 Å². The highest BCUT2D eigenvalue weighted by Crippen LogP contribution is 2.26. The smallest absolute Gasteiger partial charge is 0.152 e. The van der Waals surface area contributed by atoms with E-state index in [1.54, 1.807) is 0 Å². The van der Waals surface area contributed by atoms with E-state index in [-0.39, 0.29) is 18.1 Å². The van der Waals surface area contributed by atoms with Crippen LogP contribution >= 0.6 is 0 Å². The van der Waals surface area contributed by atoms with E-state index < -0.39 is 15.9 Å². The molecule has 1 fully saturated rings. The molecule has 0 amide bonds. The second-order valence-corrected chi connectivity index (χ2v) is 6.65. The second kappa shape index (κ2) is 5.82. The van der Waals surface area contributed by atoms with E-state index >= 15 is 0 Å². The molecule has 0 aromatic carbocycles. The summed E-state index contributed by atoms with van der Waals surface area (Å²) in [5, 5.41) is 8.64. The normalized spacial score (nSPS) is 20.7. The van der Waals surface area contributed by atoms with E-state index in [1.165, 1.54) is 0 Å². The molecule has 1 rings (SSSR count). The maximum atomic E-state index is 11.7. The number of rotatable bonds is 6. The SMILES string of the molecule is NC(CCO)CS(=O)(=O)CC1CCCC1. The maximum absolute atomic E-state index is 11.7. The van der Waals surface area contributed by atoms with E-state index in [0.717, 1.165) is 25.7 Å². The molecule has 0 saturated heterocycles. The first-order valence-electron chi connectivity index (χ1n) is 5.60. The zero-order valence-electron chi connectivity index (χ0n) is 9.06. The second-order valence-electron chi connectivity index (χ2n) is 4.50. The number of aliphatic hydroxyl groups is 1. The van der Waals surface area contributed by atoms with Crippen molar-refractivity contribution < 1.29 is 13.5 Å². The lowest BCUT2D eigenvalue weighted by Crippen LogP contribution is -2.32. The summed E-state index contributed by atoms with van der Waals surface area (Å²) in [5.41, 5.74) is 5.61. The average Bonchev–Trinajstić information content (AvgIpc) is 2.54. The fourth-order valence-electron chi connectivity index (χ4n) is 2.18. The third-order valence-electron chi connectivity index (χ3n) is 2.93. The van der Waals surface area contributed by atoms with Gasteiger partial charge >= 0.3 is 0 Å². The van der Waals surface area contributed by atoms with Gasteiger partial charge in [0.15, 0.2) is 9.84 Å². The van der Waals surface area contributed by atoms with Crippen LogP contribution in [-0.2, 0) is 9.84 Å². The third-order valence-corrected chi connectivity index (χ3v) is 4.85. The van der Waals surface area contributed by atoms with Gasteiger partial charge in [-0.3, -0.25) is 0 Å². The molecule has 0 spiro atoms. The van der Waals surface area contributed by atoms with E-state index in [2.05, 4.69) is 0 Å². The Labute approximate surface area is 91.8 Å². The first-order valence-corrected chi connectivity index (χ1v) is 7.42. The Morgan fingerprint density at radius 3 is 2.47 bits per heavy atom. The molecule has 15 heavy (non-hydrogen) atoms. The first-order chi connectivity index (χ1) is 7.03. The van der Waals surface area contributed by atoms with Crippen LogP contribution in [0.15, 0.2) is 0 Å². The van der Waals surface area contributed by atoms with Gasteiger partial charge in [-0.15, -0.1) is 0 Å². The average molecular weight is 235 g/mol. The molecule has 0 heterocycles. The van der Waals surface area contributed by atoms with Crippen LogP contribution in [0.2, 0.25) is 0 Å². The zero-order chi connectivity index (χ0) is 11.3. The molecule has 1 unspecified atom stereocenters. The van der Waals surface area contributed by atoms with Crippen molar-refractivity contribution in [3.8, 4) is 0 Å². The van der Waals surface area contributed by atoms with Crippen molar-refractivity contribution in [2.45, 2.75) is 38.1 Å². The molecule has 1 aliphatic rings. The van der Waals surface area contributed by atoms with Gasteiger partial charge in [0.25, 0.3) is 0 Å². The lowest BCUT2D eigenvalue weighted by Gasteiger charge is -2.13. The Balaban J connectivity index is 2.37. The molecule has 4 nitrogen and oxygen atoms in total. The molecule has 1 aliphatic carbocycles. The van der Waals surface area contributed by atoms with Crippen molar-refractivity contribution in [1.82, 2.24) is 0 Å². The Morgan fingerprint density at radius 2 is 1.93 bits per heavy atom. The van der Waals surface area contributed by atoms with Crippen molar-refractivity contribution in [1.29, 1.82) is 0 Å². The molecule has 0 radical (unpaired) electrons. The molecular weight excluding hydrogens is 214 g/mol. The Hall–Kier alpha value is -0.130. The first kappa shape index (κ1) is 12.9. The van der Waals surface area contributed by atoms with Crippen molar-refractivity contribution >= 4 is 9.84 Å². The van der Waals surface area contributed by atoms with Gasteiger partial charge in [-0.1, -0.05) is 12.8 Å². The highest BCUT2D eigenvalue weighted by atomic mass is 32.2. The summed E-state index contributed by atoms with van der Waals surface area (Å²) in [5.74, 6) is 0.646. The fourth-order valence-corrected chi connectivity index (χ4v) is 4.19. The summed E-state index contributed by atoms with van der Waals surface area (Å²) < 4.78 is 23.4. The van der Waals surface area contributed by atoms with E-state index in [1.807, 2.05) is 0 Å². The lowest BCUT2D eigenvalue weighted by atomic mass is 10.1. The Bertz CT molecular complexity index is 270. The summed E-state index contributed by atoms with van der Waals surface area (Å²) in [6, 6.07) is -0.415. The minimum Gasteiger partial charge on any atom is -0.396 e. The highest BCUT2D eigenvalue weighted by molar-refractivity contribution is 7.91. The molecule has 0 aromatic rings. The molecule has 5 heteroatoms. The number of hydrogen-bond donors (Lipinski definition) is 2. The van der Waals surface area contributed by atoms with Gasteiger partial charge in [-0.05, 0) is 25.2 Å². The summed E-state index contributed by atoms with van der Waals surface area (Å²) in [6.07, 6.45) is 4.75. The Kier molecular flexibility index (Phi) is 5.02. The molecule has 1 saturated carbocycles. The monoisotopic (exact) mass is 235 g/mol. The standard InChI is InChI=1S/C10H21NO3S/c11-10(5-6-12)8-15(13,14)7-9-3-1-2-4-9/h9-10,12H,1-8,11H2. The predicted octanol–water partition coefficient (Wildman–Crippen LogP) is 0.301. The predicted molar refractivity (Wildman–Crippen MR) is 60.3 cm³/mol. The van der Waals surface area contributed by atoms with Gasteiger partial charge in [-0.25, -0.2) is 8.42 Å².